The van der Waals surface area contributed by atoms with Crippen LogP contribution in [-0.4, -0.2) is 26.8 Å². The minimum atomic E-state index is 0.140. The number of likely N-dealkylation sites (N-methyl/N-ethyl adjacent to an activating group) is 1. The lowest BCUT2D eigenvalue weighted by atomic mass is 10.1. The molecule has 0 saturated heterocycles. The average Bonchev–Trinajstić information content (AvgIpc) is 3.01. The highest BCUT2D eigenvalue weighted by Crippen LogP contribution is 2.27. The number of nitrogens with one attached hydrogen (secondary N) is 1. The van der Waals surface area contributed by atoms with Crippen LogP contribution < -0.4 is 10.1 Å². The summed E-state index contributed by atoms with van der Waals surface area (Å²) in [6.45, 7) is 4.86. The molecule has 0 spiro atoms. The summed E-state index contributed by atoms with van der Waals surface area (Å²) in [7, 11) is 1.70. The summed E-state index contributed by atoms with van der Waals surface area (Å²) in [5.41, 5.74) is 1.23. The summed E-state index contributed by atoms with van der Waals surface area (Å²) in [5.74, 6) is 1.66. The Labute approximate surface area is 122 Å². The number of hydrogen-bond donors (Lipinski definition) is 1. The van der Waals surface area contributed by atoms with Gasteiger partial charge in [-0.3, -0.25) is 0 Å². The molecule has 0 bridgehead atoms. The zero-order valence-corrected chi connectivity index (χ0v) is 12.7. The van der Waals surface area contributed by atoms with Gasteiger partial charge >= 0.3 is 0 Å². The van der Waals surface area contributed by atoms with Gasteiger partial charge in [0.1, 0.15) is 5.75 Å². The molecule has 1 aromatic carbocycles. The van der Waals surface area contributed by atoms with Crippen molar-refractivity contribution in [2.75, 3.05) is 26.8 Å². The van der Waals surface area contributed by atoms with Crippen LogP contribution in [0, 0.1) is 5.92 Å². The monoisotopic (exact) mass is 277 g/mol. The fourth-order valence-electron chi connectivity index (χ4n) is 2.80. The Morgan fingerprint density at radius 3 is 2.50 bits per heavy atom. The highest BCUT2D eigenvalue weighted by atomic mass is 16.5. The topological polar surface area (TPSA) is 30.5 Å². The van der Waals surface area contributed by atoms with E-state index in [1.165, 1.54) is 31.2 Å². The molecule has 0 radical (unpaired) electrons. The van der Waals surface area contributed by atoms with E-state index in [-0.39, 0.29) is 6.10 Å². The van der Waals surface area contributed by atoms with E-state index in [0.717, 1.165) is 31.4 Å². The van der Waals surface area contributed by atoms with Gasteiger partial charge in [0.25, 0.3) is 0 Å². The van der Waals surface area contributed by atoms with Gasteiger partial charge in [-0.05, 0) is 43.0 Å². The van der Waals surface area contributed by atoms with Crippen molar-refractivity contribution < 1.29 is 9.47 Å². The van der Waals surface area contributed by atoms with Gasteiger partial charge in [0, 0.05) is 6.54 Å². The third-order valence-corrected chi connectivity index (χ3v) is 4.08. The zero-order valence-electron chi connectivity index (χ0n) is 12.7. The van der Waals surface area contributed by atoms with Crippen molar-refractivity contribution in [3.8, 4) is 5.75 Å². The van der Waals surface area contributed by atoms with Crippen LogP contribution in [-0.2, 0) is 4.74 Å². The van der Waals surface area contributed by atoms with Crippen molar-refractivity contribution in [3.63, 3.8) is 0 Å². The molecule has 0 aliphatic heterocycles. The molecule has 0 heterocycles. The first kappa shape index (κ1) is 15.3. The lowest BCUT2D eigenvalue weighted by molar-refractivity contribution is 0.0297. The molecule has 1 aliphatic rings. The van der Waals surface area contributed by atoms with Gasteiger partial charge in [0.2, 0.25) is 0 Å². The first-order valence-electron chi connectivity index (χ1n) is 7.79. The van der Waals surface area contributed by atoms with Crippen LogP contribution in [0.1, 0.15) is 44.3 Å². The third kappa shape index (κ3) is 4.50. The molecule has 1 aliphatic carbocycles. The first-order valence-corrected chi connectivity index (χ1v) is 7.79. The highest BCUT2D eigenvalue weighted by molar-refractivity contribution is 5.28. The van der Waals surface area contributed by atoms with E-state index in [9.17, 15) is 0 Å². The summed E-state index contributed by atoms with van der Waals surface area (Å²) in [4.78, 5) is 0. The van der Waals surface area contributed by atoms with Gasteiger partial charge in [0.05, 0.1) is 19.8 Å². The molecule has 0 amide bonds. The quantitative estimate of drug-likeness (QED) is 0.788. The third-order valence-electron chi connectivity index (χ3n) is 4.08. The maximum Gasteiger partial charge on any atom is 0.118 e. The number of rotatable bonds is 8. The van der Waals surface area contributed by atoms with Crippen LogP contribution in [0.3, 0.4) is 0 Å². The molecular weight excluding hydrogens is 250 g/mol. The van der Waals surface area contributed by atoms with E-state index >= 15 is 0 Å². The summed E-state index contributed by atoms with van der Waals surface area (Å²) in [5, 5.41) is 3.39. The normalized spacial score (nSPS) is 17.3. The van der Waals surface area contributed by atoms with Gasteiger partial charge in [-0.15, -0.1) is 0 Å². The van der Waals surface area contributed by atoms with Gasteiger partial charge in [-0.2, -0.15) is 0 Å². The fourth-order valence-corrected chi connectivity index (χ4v) is 2.80. The van der Waals surface area contributed by atoms with Crippen LogP contribution in [0.25, 0.3) is 0 Å². The van der Waals surface area contributed by atoms with E-state index in [2.05, 4.69) is 24.4 Å². The molecule has 1 aromatic rings. The highest BCUT2D eigenvalue weighted by Gasteiger charge is 2.18. The maximum atomic E-state index is 6.18. The van der Waals surface area contributed by atoms with E-state index in [0.29, 0.717) is 0 Å². The van der Waals surface area contributed by atoms with Gasteiger partial charge < -0.3 is 14.8 Å². The van der Waals surface area contributed by atoms with E-state index in [1.807, 2.05) is 12.1 Å². The first-order chi connectivity index (χ1) is 9.83. The molecule has 20 heavy (non-hydrogen) atoms. The molecule has 3 heteroatoms. The molecule has 2 rings (SSSR count). The summed E-state index contributed by atoms with van der Waals surface area (Å²) >= 11 is 0. The van der Waals surface area contributed by atoms with Crippen LogP contribution in [0.2, 0.25) is 0 Å². The molecule has 1 saturated carbocycles. The Balaban J connectivity index is 1.93. The molecule has 1 atom stereocenters. The molecule has 3 nitrogen and oxygen atoms in total. The second-order valence-electron chi connectivity index (χ2n) is 5.55. The molecular formula is C17H27NO2. The largest absolute Gasteiger partial charge is 0.497 e. The fraction of sp³-hybridized carbons (Fsp3) is 0.647. The van der Waals surface area contributed by atoms with Crippen molar-refractivity contribution >= 4 is 0 Å². The minimum Gasteiger partial charge on any atom is -0.497 e. The molecule has 1 unspecified atom stereocenters. The van der Waals surface area contributed by atoms with Gasteiger partial charge in [-0.25, -0.2) is 0 Å². The second kappa shape index (κ2) is 8.28. The molecule has 1 N–H and O–H groups in total. The van der Waals surface area contributed by atoms with Crippen molar-refractivity contribution in [3.05, 3.63) is 29.8 Å². The van der Waals surface area contributed by atoms with Crippen LogP contribution in [0.4, 0.5) is 0 Å². The Morgan fingerprint density at radius 2 is 1.90 bits per heavy atom. The minimum absolute atomic E-state index is 0.140. The van der Waals surface area contributed by atoms with E-state index in [1.54, 1.807) is 7.11 Å². The van der Waals surface area contributed by atoms with Crippen LogP contribution in [0.15, 0.2) is 24.3 Å². The number of hydrogen-bond acceptors (Lipinski definition) is 3. The SMILES string of the molecule is CCNCC(OCC1CCCC1)c1ccc(OC)cc1. The summed E-state index contributed by atoms with van der Waals surface area (Å²) in [6, 6.07) is 8.23. The Bertz CT molecular complexity index is 371. The van der Waals surface area contributed by atoms with E-state index in [4.69, 9.17) is 9.47 Å². The lowest BCUT2D eigenvalue weighted by Gasteiger charge is -2.21. The van der Waals surface area contributed by atoms with Gasteiger partial charge in [-0.1, -0.05) is 31.9 Å². The number of methoxy groups -OCH3 is 1. The smallest absolute Gasteiger partial charge is 0.118 e. The Hall–Kier alpha value is -1.06. The van der Waals surface area contributed by atoms with Crippen LogP contribution in [0.5, 0.6) is 5.75 Å². The van der Waals surface area contributed by atoms with Crippen molar-refractivity contribution in [1.29, 1.82) is 0 Å². The predicted octanol–water partition coefficient (Wildman–Crippen LogP) is 3.55. The lowest BCUT2D eigenvalue weighted by Crippen LogP contribution is -2.24. The van der Waals surface area contributed by atoms with Crippen molar-refractivity contribution in [2.24, 2.45) is 5.92 Å². The van der Waals surface area contributed by atoms with Crippen molar-refractivity contribution in [2.45, 2.75) is 38.7 Å². The Morgan fingerprint density at radius 1 is 1.20 bits per heavy atom. The standard InChI is InChI=1S/C17H27NO2/c1-3-18-12-17(20-13-14-6-4-5-7-14)15-8-10-16(19-2)11-9-15/h8-11,14,17-18H,3-7,12-13H2,1-2H3. The average molecular weight is 277 g/mol. The van der Waals surface area contributed by atoms with Crippen molar-refractivity contribution in [1.82, 2.24) is 5.32 Å². The zero-order chi connectivity index (χ0) is 14.2. The summed E-state index contributed by atoms with van der Waals surface area (Å²) < 4.78 is 11.4. The predicted molar refractivity (Wildman–Crippen MR) is 82.2 cm³/mol. The summed E-state index contributed by atoms with van der Waals surface area (Å²) in [6.07, 6.45) is 5.54. The van der Waals surface area contributed by atoms with Crippen LogP contribution >= 0.6 is 0 Å². The Kier molecular flexibility index (Phi) is 6.34. The number of ether oxygens (including phenoxy) is 2. The number of benzene rings is 1. The van der Waals surface area contributed by atoms with E-state index < -0.39 is 0 Å². The van der Waals surface area contributed by atoms with Gasteiger partial charge in [0.15, 0.2) is 0 Å². The maximum absolute atomic E-state index is 6.18. The second-order valence-corrected chi connectivity index (χ2v) is 5.55. The molecule has 112 valence electrons. The molecule has 0 aromatic heterocycles. The molecule has 1 fully saturated rings.